The predicted molar refractivity (Wildman–Crippen MR) is 121 cm³/mol. The van der Waals surface area contributed by atoms with Crippen molar-refractivity contribution in [2.45, 2.75) is 34.1 Å². The SMILES string of the molecule is CC(=O)Nc1cc(NC(=S)NC(=O)c2ccccc2OCCC(C)C)ccc1C. The molecule has 0 aliphatic rings. The van der Waals surface area contributed by atoms with E-state index in [1.54, 1.807) is 24.3 Å². The van der Waals surface area contributed by atoms with Gasteiger partial charge in [-0.05, 0) is 61.3 Å². The zero-order chi connectivity index (χ0) is 21.4. The zero-order valence-electron chi connectivity index (χ0n) is 17.2. The van der Waals surface area contributed by atoms with Crippen LogP contribution in [0.5, 0.6) is 5.75 Å². The molecule has 2 aromatic rings. The minimum atomic E-state index is -0.350. The van der Waals surface area contributed by atoms with Crippen molar-refractivity contribution in [1.29, 1.82) is 0 Å². The number of rotatable bonds is 7. The van der Waals surface area contributed by atoms with Crippen LogP contribution in [-0.2, 0) is 4.79 Å². The summed E-state index contributed by atoms with van der Waals surface area (Å²) >= 11 is 5.27. The van der Waals surface area contributed by atoms with Crippen LogP contribution in [0.1, 0.15) is 43.1 Å². The summed E-state index contributed by atoms with van der Waals surface area (Å²) in [6.45, 7) is 8.12. The van der Waals surface area contributed by atoms with Crippen molar-refractivity contribution >= 4 is 40.5 Å². The molecule has 0 saturated carbocycles. The average molecular weight is 414 g/mol. The van der Waals surface area contributed by atoms with Crippen molar-refractivity contribution in [2.75, 3.05) is 17.2 Å². The van der Waals surface area contributed by atoms with Gasteiger partial charge in [0.15, 0.2) is 5.11 Å². The topological polar surface area (TPSA) is 79.5 Å². The van der Waals surface area contributed by atoms with Crippen LogP contribution >= 0.6 is 12.2 Å². The lowest BCUT2D eigenvalue weighted by molar-refractivity contribution is -0.114. The van der Waals surface area contributed by atoms with Gasteiger partial charge < -0.3 is 15.4 Å². The van der Waals surface area contributed by atoms with E-state index in [9.17, 15) is 9.59 Å². The van der Waals surface area contributed by atoms with Crippen molar-refractivity contribution in [3.05, 3.63) is 53.6 Å². The first kappa shape index (κ1) is 22.4. The second-order valence-corrected chi connectivity index (χ2v) is 7.55. The molecule has 7 heteroatoms. The van der Waals surface area contributed by atoms with Gasteiger partial charge in [-0.25, -0.2) is 0 Å². The number of hydrogen-bond acceptors (Lipinski definition) is 4. The fourth-order valence-corrected chi connectivity index (χ4v) is 2.75. The second kappa shape index (κ2) is 10.6. The Morgan fingerprint density at radius 1 is 1.10 bits per heavy atom. The maximum Gasteiger partial charge on any atom is 0.261 e. The molecule has 0 fully saturated rings. The molecule has 154 valence electrons. The van der Waals surface area contributed by atoms with Gasteiger partial charge in [0, 0.05) is 18.3 Å². The largest absolute Gasteiger partial charge is 0.493 e. The third-order valence-electron chi connectivity index (χ3n) is 4.12. The fourth-order valence-electron chi connectivity index (χ4n) is 2.54. The maximum absolute atomic E-state index is 12.7. The third-order valence-corrected chi connectivity index (χ3v) is 4.32. The highest BCUT2D eigenvalue weighted by Crippen LogP contribution is 2.21. The van der Waals surface area contributed by atoms with E-state index >= 15 is 0 Å². The smallest absolute Gasteiger partial charge is 0.261 e. The van der Waals surface area contributed by atoms with E-state index in [0.717, 1.165) is 12.0 Å². The van der Waals surface area contributed by atoms with Crippen LogP contribution in [-0.4, -0.2) is 23.5 Å². The van der Waals surface area contributed by atoms with Crippen LogP contribution in [0, 0.1) is 12.8 Å². The van der Waals surface area contributed by atoms with E-state index in [-0.39, 0.29) is 16.9 Å². The summed E-state index contributed by atoms with van der Waals surface area (Å²) in [5.41, 5.74) is 2.68. The van der Waals surface area contributed by atoms with Gasteiger partial charge >= 0.3 is 0 Å². The molecular weight excluding hydrogens is 386 g/mol. The van der Waals surface area contributed by atoms with Crippen LogP contribution in [0.4, 0.5) is 11.4 Å². The quantitative estimate of drug-likeness (QED) is 0.582. The number of ether oxygens (including phenoxy) is 1. The van der Waals surface area contributed by atoms with E-state index in [0.29, 0.717) is 35.2 Å². The summed E-state index contributed by atoms with van der Waals surface area (Å²) in [6.07, 6.45) is 0.903. The normalized spacial score (nSPS) is 10.4. The molecule has 0 unspecified atom stereocenters. The third kappa shape index (κ3) is 7.19. The van der Waals surface area contributed by atoms with Gasteiger partial charge in [0.1, 0.15) is 5.75 Å². The van der Waals surface area contributed by atoms with Crippen LogP contribution in [0.25, 0.3) is 0 Å². The van der Waals surface area contributed by atoms with Crippen LogP contribution in [0.2, 0.25) is 0 Å². The lowest BCUT2D eigenvalue weighted by atomic mass is 10.1. The monoisotopic (exact) mass is 413 g/mol. The molecule has 0 aliphatic carbocycles. The standard InChI is InChI=1S/C22H27N3O3S/c1-14(2)11-12-28-20-8-6-5-7-18(20)21(27)25-22(29)24-17-10-9-15(3)19(13-17)23-16(4)26/h5-10,13-14H,11-12H2,1-4H3,(H,23,26)(H2,24,25,27,29). The molecular formula is C22H27N3O3S. The summed E-state index contributed by atoms with van der Waals surface area (Å²) in [4.78, 5) is 24.0. The zero-order valence-corrected chi connectivity index (χ0v) is 18.0. The highest BCUT2D eigenvalue weighted by Gasteiger charge is 2.14. The first-order valence-corrected chi connectivity index (χ1v) is 9.89. The first-order valence-electron chi connectivity index (χ1n) is 9.48. The number of amides is 2. The number of aryl methyl sites for hydroxylation is 1. The molecule has 0 aromatic heterocycles. The Labute approximate surface area is 177 Å². The summed E-state index contributed by atoms with van der Waals surface area (Å²) < 4.78 is 5.77. The van der Waals surface area contributed by atoms with Crippen molar-refractivity contribution in [3.8, 4) is 5.75 Å². The number of hydrogen-bond donors (Lipinski definition) is 3. The number of carbonyl (C=O) groups excluding carboxylic acids is 2. The number of carbonyl (C=O) groups is 2. The Kier molecular flexibility index (Phi) is 8.15. The van der Waals surface area contributed by atoms with Gasteiger partial charge in [-0.15, -0.1) is 0 Å². The van der Waals surface area contributed by atoms with Crippen LogP contribution in [0.15, 0.2) is 42.5 Å². The minimum Gasteiger partial charge on any atom is -0.493 e. The van der Waals surface area contributed by atoms with Gasteiger partial charge in [-0.1, -0.05) is 32.0 Å². The van der Waals surface area contributed by atoms with E-state index in [4.69, 9.17) is 17.0 Å². The lowest BCUT2D eigenvalue weighted by Crippen LogP contribution is -2.34. The first-order chi connectivity index (χ1) is 13.8. The predicted octanol–water partition coefficient (Wildman–Crippen LogP) is 4.51. The number of para-hydroxylation sites is 1. The molecule has 2 aromatic carbocycles. The summed E-state index contributed by atoms with van der Waals surface area (Å²) in [7, 11) is 0. The Morgan fingerprint density at radius 3 is 2.52 bits per heavy atom. The number of nitrogens with one attached hydrogen (secondary N) is 3. The minimum absolute atomic E-state index is 0.157. The Bertz CT molecular complexity index is 897. The molecule has 0 saturated heterocycles. The number of benzene rings is 2. The van der Waals surface area contributed by atoms with Crippen molar-refractivity contribution in [1.82, 2.24) is 5.32 Å². The van der Waals surface area contributed by atoms with Crippen molar-refractivity contribution in [3.63, 3.8) is 0 Å². The summed E-state index contributed by atoms with van der Waals surface area (Å²) in [6, 6.07) is 12.5. The Hall–Kier alpha value is -2.93. The van der Waals surface area contributed by atoms with Crippen molar-refractivity contribution in [2.24, 2.45) is 5.92 Å². The summed E-state index contributed by atoms with van der Waals surface area (Å²) in [5.74, 6) is 0.536. The molecule has 0 spiro atoms. The Balaban J connectivity index is 2.03. The van der Waals surface area contributed by atoms with Crippen molar-refractivity contribution < 1.29 is 14.3 Å². The van der Waals surface area contributed by atoms with E-state index in [1.807, 2.05) is 25.1 Å². The molecule has 0 atom stereocenters. The molecule has 0 aliphatic heterocycles. The van der Waals surface area contributed by atoms with Gasteiger partial charge in [0.25, 0.3) is 5.91 Å². The molecule has 29 heavy (non-hydrogen) atoms. The molecule has 0 bridgehead atoms. The highest BCUT2D eigenvalue weighted by molar-refractivity contribution is 7.80. The van der Waals surface area contributed by atoms with Crippen LogP contribution in [0.3, 0.4) is 0 Å². The summed E-state index contributed by atoms with van der Waals surface area (Å²) in [5, 5.41) is 8.56. The van der Waals surface area contributed by atoms with Gasteiger partial charge in [0.05, 0.1) is 12.2 Å². The van der Waals surface area contributed by atoms with E-state index < -0.39 is 0 Å². The van der Waals surface area contributed by atoms with E-state index in [1.165, 1.54) is 6.92 Å². The Morgan fingerprint density at radius 2 is 1.83 bits per heavy atom. The molecule has 2 rings (SSSR count). The second-order valence-electron chi connectivity index (χ2n) is 7.15. The molecule has 0 heterocycles. The number of thiocarbonyl (C=S) groups is 1. The average Bonchev–Trinajstić information content (AvgIpc) is 2.64. The fraction of sp³-hybridized carbons (Fsp3) is 0.318. The molecule has 2 amide bonds. The highest BCUT2D eigenvalue weighted by atomic mass is 32.1. The van der Waals surface area contributed by atoms with Gasteiger partial charge in [-0.3, -0.25) is 14.9 Å². The van der Waals surface area contributed by atoms with E-state index in [2.05, 4.69) is 29.8 Å². The molecule has 0 radical (unpaired) electrons. The lowest BCUT2D eigenvalue weighted by Gasteiger charge is -2.14. The van der Waals surface area contributed by atoms with Crippen LogP contribution < -0.4 is 20.7 Å². The molecule has 6 nitrogen and oxygen atoms in total. The van der Waals surface area contributed by atoms with Gasteiger partial charge in [-0.2, -0.15) is 0 Å². The number of anilines is 2. The van der Waals surface area contributed by atoms with Gasteiger partial charge in [0.2, 0.25) is 5.91 Å². The maximum atomic E-state index is 12.7. The molecule has 3 N–H and O–H groups in total.